The molecule has 2 aliphatic carbocycles. The van der Waals surface area contributed by atoms with Gasteiger partial charge in [-0.05, 0) is 18.1 Å². The smallest absolute Gasteiger partial charge is 0.180 e. The maximum absolute atomic E-state index is 11.8. The maximum Gasteiger partial charge on any atom is 0.180 e. The average molecular weight is 219 g/mol. The van der Waals surface area contributed by atoms with Crippen molar-refractivity contribution in [1.29, 1.82) is 0 Å². The quantitative estimate of drug-likeness (QED) is 0.556. The first kappa shape index (κ1) is 10.2. The second-order valence-electron chi connectivity index (χ2n) is 3.51. The van der Waals surface area contributed by atoms with Gasteiger partial charge in [0.05, 0.1) is 5.38 Å². The zero-order chi connectivity index (χ0) is 10.8. The molecule has 0 radical (unpaired) electrons. The van der Waals surface area contributed by atoms with E-state index in [1.54, 1.807) is 6.92 Å². The molecule has 0 aliphatic heterocycles. The van der Waals surface area contributed by atoms with E-state index >= 15 is 0 Å². The zero-order valence-corrected chi connectivity index (χ0v) is 9.16. The maximum atomic E-state index is 11.8. The van der Waals surface area contributed by atoms with Crippen LogP contribution in [-0.4, -0.2) is 11.2 Å². The van der Waals surface area contributed by atoms with Gasteiger partial charge in [-0.15, -0.1) is 11.6 Å². The molecule has 0 saturated carbocycles. The number of halogens is 1. The van der Waals surface area contributed by atoms with E-state index in [4.69, 9.17) is 11.6 Å². The van der Waals surface area contributed by atoms with Crippen molar-refractivity contribution in [3.05, 3.63) is 48.0 Å². The molecule has 0 spiro atoms. The fraction of sp³-hybridized carbons (Fsp3) is 0.154. The van der Waals surface area contributed by atoms with Crippen LogP contribution in [0.4, 0.5) is 0 Å². The third kappa shape index (κ3) is 1.88. The molecule has 0 amide bonds. The Morgan fingerprint density at radius 3 is 2.60 bits per heavy atom. The van der Waals surface area contributed by atoms with Gasteiger partial charge in [0.2, 0.25) is 0 Å². The summed E-state index contributed by atoms with van der Waals surface area (Å²) in [6.45, 7) is 1.70. The fourth-order valence-corrected chi connectivity index (χ4v) is 1.76. The Bertz CT molecular complexity index is 462. The Morgan fingerprint density at radius 1 is 1.13 bits per heavy atom. The van der Waals surface area contributed by atoms with Gasteiger partial charge < -0.3 is 0 Å². The third-order valence-electron chi connectivity index (χ3n) is 2.42. The molecule has 2 aliphatic rings. The lowest BCUT2D eigenvalue weighted by atomic mass is 10.1. The molecule has 15 heavy (non-hydrogen) atoms. The zero-order valence-electron chi connectivity index (χ0n) is 8.41. The van der Waals surface area contributed by atoms with E-state index in [9.17, 15) is 4.79 Å². The normalized spacial score (nSPS) is 12.7. The van der Waals surface area contributed by atoms with Gasteiger partial charge in [0.15, 0.2) is 5.78 Å². The number of hydrogen-bond acceptors (Lipinski definition) is 1. The number of alkyl halides is 1. The number of Topliss-reactive ketones (excluding diaryl/α,β-unsaturated/α-hetero) is 1. The van der Waals surface area contributed by atoms with Gasteiger partial charge >= 0.3 is 0 Å². The van der Waals surface area contributed by atoms with Gasteiger partial charge in [-0.3, -0.25) is 4.79 Å². The molecule has 0 aromatic carbocycles. The van der Waals surface area contributed by atoms with Crippen molar-refractivity contribution in [2.45, 2.75) is 12.3 Å². The van der Waals surface area contributed by atoms with E-state index in [1.165, 1.54) is 0 Å². The van der Waals surface area contributed by atoms with Gasteiger partial charge in [-0.2, -0.15) is 0 Å². The highest BCUT2D eigenvalue weighted by atomic mass is 35.5. The monoisotopic (exact) mass is 218 g/mol. The van der Waals surface area contributed by atoms with E-state index in [0.717, 1.165) is 11.1 Å². The Balaban J connectivity index is 2.54. The van der Waals surface area contributed by atoms with Crippen molar-refractivity contribution < 1.29 is 4.79 Å². The average Bonchev–Trinajstić information content (AvgIpc) is 2.46. The predicted octanol–water partition coefficient (Wildman–Crippen LogP) is 3.60. The van der Waals surface area contributed by atoms with Crippen LogP contribution in [0.25, 0.3) is 11.1 Å². The highest BCUT2D eigenvalue weighted by Crippen LogP contribution is 2.28. The number of carbonyl (C=O) groups is 1. The van der Waals surface area contributed by atoms with Crippen LogP contribution in [0.1, 0.15) is 17.3 Å². The minimum absolute atomic E-state index is 0.0159. The minimum Gasteiger partial charge on any atom is -0.292 e. The summed E-state index contributed by atoms with van der Waals surface area (Å²) in [5, 5.41) is -0.471. The predicted molar refractivity (Wildman–Crippen MR) is 62.7 cm³/mol. The molecule has 76 valence electrons. The minimum atomic E-state index is -0.471. The first-order chi connectivity index (χ1) is 7.20. The van der Waals surface area contributed by atoms with E-state index in [2.05, 4.69) is 0 Å². The number of hydrogen-bond donors (Lipinski definition) is 0. The van der Waals surface area contributed by atoms with E-state index in [-0.39, 0.29) is 5.78 Å². The van der Waals surface area contributed by atoms with Gasteiger partial charge in [0.25, 0.3) is 0 Å². The largest absolute Gasteiger partial charge is 0.292 e. The van der Waals surface area contributed by atoms with Gasteiger partial charge in [-0.1, -0.05) is 42.5 Å². The lowest BCUT2D eigenvalue weighted by Crippen LogP contribution is -2.09. The molecule has 0 fully saturated rings. The van der Waals surface area contributed by atoms with Crippen LogP contribution in [0.5, 0.6) is 0 Å². The molecule has 0 aromatic heterocycles. The SMILES string of the molecule is CC(Cl)C(=O)c1ccc2cccccc1-2. The van der Waals surface area contributed by atoms with Crippen LogP contribution in [0.2, 0.25) is 0 Å². The molecule has 0 aromatic rings. The summed E-state index contributed by atoms with van der Waals surface area (Å²) in [6.07, 6.45) is 0. The van der Waals surface area contributed by atoms with Crippen molar-refractivity contribution in [2.24, 2.45) is 0 Å². The summed E-state index contributed by atoms with van der Waals surface area (Å²) in [5.41, 5.74) is 2.75. The van der Waals surface area contributed by atoms with Crippen LogP contribution in [-0.2, 0) is 0 Å². The Morgan fingerprint density at radius 2 is 1.87 bits per heavy atom. The van der Waals surface area contributed by atoms with Gasteiger partial charge in [0.1, 0.15) is 0 Å². The van der Waals surface area contributed by atoms with Crippen LogP contribution in [0.3, 0.4) is 0 Å². The second kappa shape index (κ2) is 4.03. The van der Waals surface area contributed by atoms with Crippen molar-refractivity contribution in [1.82, 2.24) is 0 Å². The molecular weight excluding hydrogens is 208 g/mol. The molecule has 0 bridgehead atoms. The first-order valence-corrected chi connectivity index (χ1v) is 5.30. The molecular formula is C13H11ClO. The standard InChI is InChI=1S/C13H11ClO/c1-9(14)13(15)12-8-7-10-5-3-2-4-6-11(10)12/h2-9H,1H3. The molecule has 2 heteroatoms. The van der Waals surface area contributed by atoms with Crippen LogP contribution < -0.4 is 0 Å². The van der Waals surface area contributed by atoms with E-state index < -0.39 is 5.38 Å². The topological polar surface area (TPSA) is 17.1 Å². The van der Waals surface area contributed by atoms with E-state index in [1.807, 2.05) is 42.5 Å². The number of ketones is 1. The third-order valence-corrected chi connectivity index (χ3v) is 2.62. The molecule has 1 atom stereocenters. The summed E-state index contributed by atoms with van der Waals surface area (Å²) in [7, 11) is 0. The Hall–Kier alpha value is -1.34. The number of carbonyl (C=O) groups excluding carboxylic acids is 1. The lowest BCUT2D eigenvalue weighted by Gasteiger charge is -2.02. The molecule has 1 nitrogen and oxygen atoms in total. The first-order valence-electron chi connectivity index (χ1n) is 4.86. The Kier molecular flexibility index (Phi) is 2.74. The van der Waals surface area contributed by atoms with Crippen LogP contribution in [0.15, 0.2) is 42.5 Å². The van der Waals surface area contributed by atoms with Crippen molar-refractivity contribution in [2.75, 3.05) is 0 Å². The number of fused-ring (bicyclic) bond motifs is 1. The molecule has 1 unspecified atom stereocenters. The highest BCUT2D eigenvalue weighted by Gasteiger charge is 2.18. The van der Waals surface area contributed by atoms with Crippen molar-refractivity contribution in [3.8, 4) is 11.1 Å². The fourth-order valence-electron chi connectivity index (χ4n) is 1.64. The Labute approximate surface area is 94.0 Å². The van der Waals surface area contributed by atoms with Gasteiger partial charge in [0, 0.05) is 5.56 Å². The van der Waals surface area contributed by atoms with E-state index in [0.29, 0.717) is 5.56 Å². The molecule has 0 heterocycles. The summed E-state index contributed by atoms with van der Waals surface area (Å²) in [4.78, 5) is 11.8. The van der Waals surface area contributed by atoms with Crippen LogP contribution >= 0.6 is 11.6 Å². The van der Waals surface area contributed by atoms with Crippen molar-refractivity contribution in [3.63, 3.8) is 0 Å². The highest BCUT2D eigenvalue weighted by molar-refractivity contribution is 6.34. The van der Waals surface area contributed by atoms with Crippen molar-refractivity contribution >= 4 is 17.4 Å². The molecule has 0 N–H and O–H groups in total. The summed E-state index contributed by atoms with van der Waals surface area (Å²) < 4.78 is 0. The van der Waals surface area contributed by atoms with Gasteiger partial charge in [-0.25, -0.2) is 0 Å². The number of rotatable bonds is 2. The second-order valence-corrected chi connectivity index (χ2v) is 4.16. The molecule has 2 rings (SSSR count). The summed E-state index contributed by atoms with van der Waals surface area (Å²) in [5.74, 6) is -0.0159. The molecule has 0 saturated heterocycles. The summed E-state index contributed by atoms with van der Waals surface area (Å²) in [6, 6.07) is 13.6. The van der Waals surface area contributed by atoms with Crippen LogP contribution in [0, 0.1) is 0 Å². The lowest BCUT2D eigenvalue weighted by molar-refractivity contribution is 0.0992. The summed E-state index contributed by atoms with van der Waals surface area (Å²) >= 11 is 5.80.